The lowest BCUT2D eigenvalue weighted by Crippen LogP contribution is -2.18. The Bertz CT molecular complexity index is 335. The summed E-state index contributed by atoms with van der Waals surface area (Å²) in [5.41, 5.74) is 11.0. The second kappa shape index (κ2) is 34.8. The van der Waals surface area contributed by atoms with E-state index in [2.05, 4.69) is 21.3 Å². The molecule has 0 atom stereocenters. The predicted molar refractivity (Wildman–Crippen MR) is 162 cm³/mol. The van der Waals surface area contributed by atoms with Crippen LogP contribution in [0.4, 0.5) is 0 Å². The number of nitrogens with two attached hydrogens (primary N) is 2. The Hall–Kier alpha value is -0.240. The molecule has 0 unspecified atom stereocenters. The minimum absolute atomic E-state index is 0.844. The summed E-state index contributed by atoms with van der Waals surface area (Å²) in [5, 5.41) is 14.4. The van der Waals surface area contributed by atoms with Crippen LogP contribution >= 0.6 is 0 Å². The predicted octanol–water partition coefficient (Wildman–Crippen LogP) is 5.06. The van der Waals surface area contributed by atoms with E-state index in [1.54, 1.807) is 0 Å². The van der Waals surface area contributed by atoms with E-state index in [0.29, 0.717) is 0 Å². The number of rotatable bonds is 33. The minimum Gasteiger partial charge on any atom is -0.330 e. The van der Waals surface area contributed by atoms with E-state index in [4.69, 9.17) is 11.5 Å². The smallest absolute Gasteiger partial charge is 0.00489 e. The van der Waals surface area contributed by atoms with Gasteiger partial charge in [0.15, 0.2) is 0 Å². The topological polar surface area (TPSA) is 100 Å². The molecule has 0 rings (SSSR count). The maximum atomic E-state index is 5.52. The molecule has 0 saturated heterocycles. The number of unbranched alkanes of at least 4 members (excludes halogenated alkanes) is 15. The van der Waals surface area contributed by atoms with Gasteiger partial charge in [-0.25, -0.2) is 0 Å². The zero-order chi connectivity index (χ0) is 26.0. The third-order valence-electron chi connectivity index (χ3n) is 6.99. The number of nitrogens with one attached hydrogen (secondary N) is 4. The van der Waals surface area contributed by atoms with Crippen molar-refractivity contribution in [2.75, 3.05) is 65.4 Å². The van der Waals surface area contributed by atoms with Crippen molar-refractivity contribution in [2.45, 2.75) is 128 Å². The van der Waals surface area contributed by atoms with Gasteiger partial charge in [0.1, 0.15) is 0 Å². The largest absolute Gasteiger partial charge is 0.330 e. The molecule has 0 spiro atoms. The van der Waals surface area contributed by atoms with E-state index in [-0.39, 0.29) is 0 Å². The highest BCUT2D eigenvalue weighted by Crippen LogP contribution is 2.02. The summed E-state index contributed by atoms with van der Waals surface area (Å²) in [6, 6.07) is 0. The van der Waals surface area contributed by atoms with Crippen molar-refractivity contribution >= 4 is 0 Å². The van der Waals surface area contributed by atoms with Gasteiger partial charge in [-0.05, 0) is 130 Å². The molecular formula is C30H68N6. The van der Waals surface area contributed by atoms with Crippen LogP contribution in [-0.2, 0) is 0 Å². The van der Waals surface area contributed by atoms with Crippen molar-refractivity contribution in [2.24, 2.45) is 11.5 Å². The fourth-order valence-corrected chi connectivity index (χ4v) is 4.56. The first-order valence-electron chi connectivity index (χ1n) is 16.1. The summed E-state index contributed by atoms with van der Waals surface area (Å²) in [5.74, 6) is 0. The molecule has 0 aliphatic carbocycles. The van der Waals surface area contributed by atoms with Gasteiger partial charge >= 0.3 is 0 Å². The van der Waals surface area contributed by atoms with Crippen LogP contribution in [0.25, 0.3) is 0 Å². The van der Waals surface area contributed by atoms with E-state index >= 15 is 0 Å². The maximum Gasteiger partial charge on any atom is -0.00489 e. The molecular weight excluding hydrogens is 444 g/mol. The monoisotopic (exact) mass is 513 g/mol. The fourth-order valence-electron chi connectivity index (χ4n) is 4.56. The number of hydrogen-bond donors (Lipinski definition) is 6. The molecule has 0 fully saturated rings. The van der Waals surface area contributed by atoms with Gasteiger partial charge in [0, 0.05) is 0 Å². The molecule has 6 nitrogen and oxygen atoms in total. The highest BCUT2D eigenvalue weighted by molar-refractivity contribution is 4.56. The average Bonchev–Trinajstić information content (AvgIpc) is 2.89. The van der Waals surface area contributed by atoms with Crippen molar-refractivity contribution < 1.29 is 0 Å². The summed E-state index contributed by atoms with van der Waals surface area (Å²) in [7, 11) is 0. The van der Waals surface area contributed by atoms with Crippen LogP contribution in [0, 0.1) is 0 Å². The van der Waals surface area contributed by atoms with Gasteiger partial charge in [-0.2, -0.15) is 0 Å². The third-order valence-corrected chi connectivity index (χ3v) is 6.99. The second-order valence-corrected chi connectivity index (χ2v) is 10.6. The van der Waals surface area contributed by atoms with E-state index in [0.717, 1.165) is 13.1 Å². The lowest BCUT2D eigenvalue weighted by atomic mass is 10.1. The van der Waals surface area contributed by atoms with Gasteiger partial charge in [-0.3, -0.25) is 0 Å². The minimum atomic E-state index is 0.844. The highest BCUT2D eigenvalue weighted by atomic mass is 14.9. The maximum absolute atomic E-state index is 5.52. The Morgan fingerprint density at radius 2 is 0.389 bits per heavy atom. The molecule has 0 aromatic carbocycles. The average molecular weight is 513 g/mol. The van der Waals surface area contributed by atoms with E-state index < -0.39 is 0 Å². The van der Waals surface area contributed by atoms with Crippen molar-refractivity contribution in [3.63, 3.8) is 0 Å². The van der Waals surface area contributed by atoms with Crippen LogP contribution in [-0.4, -0.2) is 65.4 Å². The molecule has 0 aliphatic heterocycles. The van der Waals surface area contributed by atoms with Crippen LogP contribution in [0.5, 0.6) is 0 Å². The van der Waals surface area contributed by atoms with Crippen LogP contribution in [0.1, 0.15) is 128 Å². The van der Waals surface area contributed by atoms with Crippen LogP contribution in [0.3, 0.4) is 0 Å². The van der Waals surface area contributed by atoms with Gasteiger partial charge in [0.25, 0.3) is 0 Å². The Morgan fingerprint density at radius 1 is 0.222 bits per heavy atom. The molecule has 0 saturated carbocycles. The molecule has 8 N–H and O–H groups in total. The molecule has 0 amide bonds. The first kappa shape index (κ1) is 35.8. The van der Waals surface area contributed by atoms with E-state index in [1.807, 2.05) is 0 Å². The van der Waals surface area contributed by atoms with E-state index in [1.165, 1.54) is 181 Å². The molecule has 0 aromatic rings. The van der Waals surface area contributed by atoms with Gasteiger partial charge in [-0.15, -0.1) is 0 Å². The molecule has 0 aliphatic rings. The lowest BCUT2D eigenvalue weighted by Gasteiger charge is -2.07. The molecule has 6 heteroatoms. The third kappa shape index (κ3) is 33.8. The Morgan fingerprint density at radius 3 is 0.556 bits per heavy atom. The van der Waals surface area contributed by atoms with E-state index in [9.17, 15) is 0 Å². The van der Waals surface area contributed by atoms with Gasteiger partial charge < -0.3 is 32.7 Å². The first-order chi connectivity index (χ1) is 17.9. The first-order valence-corrected chi connectivity index (χ1v) is 16.1. The van der Waals surface area contributed by atoms with Gasteiger partial charge in [0.2, 0.25) is 0 Å². The fraction of sp³-hybridized carbons (Fsp3) is 1.00. The Labute approximate surface area is 226 Å². The number of hydrogen-bond acceptors (Lipinski definition) is 6. The zero-order valence-corrected chi connectivity index (χ0v) is 24.4. The van der Waals surface area contributed by atoms with Crippen molar-refractivity contribution in [1.29, 1.82) is 0 Å². The quantitative estimate of drug-likeness (QED) is 0.0687. The Balaban J connectivity index is 3.00. The Kier molecular flexibility index (Phi) is 34.5. The summed E-state index contributed by atoms with van der Waals surface area (Å²) in [6.07, 6.45) is 26.4. The van der Waals surface area contributed by atoms with Crippen LogP contribution < -0.4 is 32.7 Å². The second-order valence-electron chi connectivity index (χ2n) is 10.6. The lowest BCUT2D eigenvalue weighted by molar-refractivity contribution is 0.525. The van der Waals surface area contributed by atoms with Gasteiger partial charge in [0.05, 0.1) is 0 Å². The standard InChI is InChI=1S/C30H68N6/c31-21-11-1-3-13-23-33-25-15-5-7-17-27-35-29-19-9-10-20-30-36-28-18-8-6-16-26-34-24-14-4-2-12-22-32/h33-36H,1-32H2. The molecule has 36 heavy (non-hydrogen) atoms. The molecule has 218 valence electrons. The van der Waals surface area contributed by atoms with Crippen molar-refractivity contribution in [3.05, 3.63) is 0 Å². The van der Waals surface area contributed by atoms with Crippen molar-refractivity contribution in [1.82, 2.24) is 21.3 Å². The molecule has 0 radical (unpaired) electrons. The summed E-state index contributed by atoms with van der Waals surface area (Å²) in [4.78, 5) is 0. The van der Waals surface area contributed by atoms with Crippen LogP contribution in [0.15, 0.2) is 0 Å². The summed E-state index contributed by atoms with van der Waals surface area (Å²) < 4.78 is 0. The molecule has 0 heterocycles. The molecule has 0 bridgehead atoms. The van der Waals surface area contributed by atoms with Crippen LogP contribution in [0.2, 0.25) is 0 Å². The highest BCUT2D eigenvalue weighted by Gasteiger charge is 1.95. The SMILES string of the molecule is NCCCCCCNCCCCCCNCCCCCCNCCCCCCNCCCCCCN. The summed E-state index contributed by atoms with van der Waals surface area (Å²) in [6.45, 7) is 11.2. The molecule has 0 aromatic heterocycles. The summed E-state index contributed by atoms with van der Waals surface area (Å²) >= 11 is 0. The zero-order valence-electron chi connectivity index (χ0n) is 24.4. The van der Waals surface area contributed by atoms with Gasteiger partial charge in [-0.1, -0.05) is 64.2 Å². The normalized spacial score (nSPS) is 11.5. The van der Waals surface area contributed by atoms with Crippen molar-refractivity contribution in [3.8, 4) is 0 Å².